The number of hydrogen-bond donors (Lipinski definition) is 0. The average Bonchev–Trinajstić information content (AvgIpc) is 3.65. The zero-order valence-electron chi connectivity index (χ0n) is 18.6. The molecule has 2 aromatic carbocycles. The molecule has 2 heterocycles. The van der Waals surface area contributed by atoms with Gasteiger partial charge in [-0.15, -0.1) is 0 Å². The Labute approximate surface area is 193 Å². The molecule has 1 saturated carbocycles. The van der Waals surface area contributed by atoms with Gasteiger partial charge in [0, 0.05) is 23.6 Å². The van der Waals surface area contributed by atoms with Crippen molar-refractivity contribution >= 4 is 17.5 Å². The van der Waals surface area contributed by atoms with Crippen molar-refractivity contribution in [2.24, 2.45) is 11.8 Å². The number of benzene rings is 2. The number of esters is 1. The van der Waals surface area contributed by atoms with Crippen LogP contribution in [0.4, 0.5) is 0 Å². The minimum Gasteiger partial charge on any atom is -0.462 e. The van der Waals surface area contributed by atoms with Crippen LogP contribution in [0.2, 0.25) is 0 Å². The highest BCUT2D eigenvalue weighted by Crippen LogP contribution is 2.49. The number of hydrogen-bond acceptors (Lipinski definition) is 5. The van der Waals surface area contributed by atoms with Crippen LogP contribution in [-0.2, 0) is 14.3 Å². The smallest absolute Gasteiger partial charge is 0.339 e. The summed E-state index contributed by atoms with van der Waals surface area (Å²) < 4.78 is 5.21. The highest BCUT2D eigenvalue weighted by Gasteiger charge is 2.56. The van der Waals surface area contributed by atoms with E-state index in [1.807, 2.05) is 71.6 Å². The lowest BCUT2D eigenvalue weighted by Gasteiger charge is -2.31. The number of ether oxygens (including phenoxy) is 1. The van der Waals surface area contributed by atoms with E-state index in [9.17, 15) is 14.4 Å². The van der Waals surface area contributed by atoms with E-state index in [1.165, 1.54) is 0 Å². The predicted molar refractivity (Wildman–Crippen MR) is 124 cm³/mol. The van der Waals surface area contributed by atoms with Crippen LogP contribution in [0.5, 0.6) is 0 Å². The Morgan fingerprint density at radius 3 is 2.27 bits per heavy atom. The molecule has 0 radical (unpaired) electrons. The van der Waals surface area contributed by atoms with Crippen LogP contribution >= 0.6 is 0 Å². The molecular formula is C28H27NO4. The van der Waals surface area contributed by atoms with Crippen molar-refractivity contribution in [1.82, 2.24) is 4.90 Å². The minimum atomic E-state index is -0.595. The molecule has 4 atom stereocenters. The molecule has 0 amide bonds. The Morgan fingerprint density at radius 1 is 0.970 bits per heavy atom. The van der Waals surface area contributed by atoms with Gasteiger partial charge in [-0.05, 0) is 31.4 Å². The highest BCUT2D eigenvalue weighted by atomic mass is 16.5. The Hall–Kier alpha value is -3.47. The van der Waals surface area contributed by atoms with E-state index in [1.54, 1.807) is 19.2 Å². The Bertz CT molecular complexity index is 1120. The first-order valence-electron chi connectivity index (χ1n) is 11.6. The fraction of sp³-hybridized carbons (Fsp3) is 0.321. The average molecular weight is 442 g/mol. The lowest BCUT2D eigenvalue weighted by atomic mass is 9.76. The highest BCUT2D eigenvalue weighted by molar-refractivity contribution is 6.03. The van der Waals surface area contributed by atoms with E-state index in [0.29, 0.717) is 11.1 Å². The summed E-state index contributed by atoms with van der Waals surface area (Å²) in [4.78, 5) is 41.9. The van der Waals surface area contributed by atoms with Gasteiger partial charge in [-0.1, -0.05) is 66.7 Å². The van der Waals surface area contributed by atoms with Crippen LogP contribution in [-0.4, -0.2) is 41.1 Å². The van der Waals surface area contributed by atoms with Gasteiger partial charge in [0.2, 0.25) is 0 Å². The molecule has 0 spiro atoms. The number of carbonyl (C=O) groups is 3. The normalized spacial score (nSPS) is 25.8. The molecule has 2 fully saturated rings. The number of rotatable bonds is 7. The van der Waals surface area contributed by atoms with Gasteiger partial charge in [0.15, 0.2) is 5.78 Å². The quantitative estimate of drug-likeness (QED) is 0.473. The monoisotopic (exact) mass is 441 g/mol. The Balaban J connectivity index is 1.64. The fourth-order valence-corrected chi connectivity index (χ4v) is 5.21. The van der Waals surface area contributed by atoms with Crippen molar-refractivity contribution in [2.75, 3.05) is 6.61 Å². The summed E-state index contributed by atoms with van der Waals surface area (Å²) in [6.45, 7) is 2.04. The second kappa shape index (κ2) is 8.81. The number of carbonyl (C=O) groups excluding carboxylic acids is 3. The number of ketones is 2. The molecule has 5 heteroatoms. The van der Waals surface area contributed by atoms with Gasteiger partial charge in [0.1, 0.15) is 11.8 Å². The first kappa shape index (κ1) is 21.4. The second-order valence-electron chi connectivity index (χ2n) is 8.92. The minimum absolute atomic E-state index is 0.0460. The van der Waals surface area contributed by atoms with E-state index in [-0.39, 0.29) is 42.0 Å². The molecule has 2 unspecified atom stereocenters. The van der Waals surface area contributed by atoms with Crippen molar-refractivity contribution in [3.05, 3.63) is 95.7 Å². The molecule has 0 N–H and O–H groups in total. The van der Waals surface area contributed by atoms with E-state index < -0.39 is 12.0 Å². The summed E-state index contributed by atoms with van der Waals surface area (Å²) in [5.74, 6) is -0.841. The van der Waals surface area contributed by atoms with Gasteiger partial charge in [-0.25, -0.2) is 4.79 Å². The van der Waals surface area contributed by atoms with Crippen LogP contribution in [0.25, 0.3) is 0 Å². The molecule has 2 aromatic rings. The summed E-state index contributed by atoms with van der Waals surface area (Å²) in [5, 5.41) is 0. The van der Waals surface area contributed by atoms with Gasteiger partial charge in [-0.3, -0.25) is 9.59 Å². The maximum Gasteiger partial charge on any atom is 0.339 e. The van der Waals surface area contributed by atoms with E-state index in [4.69, 9.17) is 4.74 Å². The van der Waals surface area contributed by atoms with Crippen molar-refractivity contribution in [3.8, 4) is 0 Å². The summed E-state index contributed by atoms with van der Waals surface area (Å²) in [5.41, 5.74) is 1.97. The van der Waals surface area contributed by atoms with Gasteiger partial charge in [-0.2, -0.15) is 0 Å². The first-order valence-corrected chi connectivity index (χ1v) is 11.6. The lowest BCUT2D eigenvalue weighted by molar-refractivity contribution is -0.138. The second-order valence-corrected chi connectivity index (χ2v) is 8.92. The van der Waals surface area contributed by atoms with E-state index in [2.05, 4.69) is 0 Å². The third kappa shape index (κ3) is 3.92. The molecule has 2 aliphatic heterocycles. The first-order chi connectivity index (χ1) is 16.1. The summed E-state index contributed by atoms with van der Waals surface area (Å²) >= 11 is 0. The van der Waals surface area contributed by atoms with Crippen LogP contribution in [0.1, 0.15) is 41.6 Å². The van der Waals surface area contributed by atoms with Crippen LogP contribution in [0.3, 0.4) is 0 Å². The third-order valence-corrected chi connectivity index (χ3v) is 6.85. The molecule has 168 valence electrons. The molecule has 0 bridgehead atoms. The molecule has 33 heavy (non-hydrogen) atoms. The van der Waals surface area contributed by atoms with Crippen molar-refractivity contribution in [1.29, 1.82) is 0 Å². The van der Waals surface area contributed by atoms with Crippen LogP contribution < -0.4 is 0 Å². The Kier molecular flexibility index (Phi) is 5.71. The molecule has 1 aliphatic carbocycles. The number of nitrogens with zero attached hydrogens (tertiary/aromatic N) is 1. The maximum atomic E-state index is 13.9. The standard InChI is InChI=1S/C28H27NO4/c1-2-33-28(32)21-15-16-22-24(26(30)20-13-14-20)23(18-9-5-3-6-10-18)25(29(22)17-21)27(31)19-11-7-4-8-12-19/h3-12,15-17,20,22-25H,2,13-14H2,1H3/t22?,23-,24?,25-/m0/s1. The SMILES string of the molecule is CCOC(=O)C1=CN2C(C=C1)C(C(=O)C1CC1)[C@H](c1ccccc1)[C@H]2C(=O)c1ccccc1. The molecule has 0 aromatic heterocycles. The fourth-order valence-electron chi connectivity index (χ4n) is 5.21. The molecular weight excluding hydrogens is 414 g/mol. The topological polar surface area (TPSA) is 63.7 Å². The number of fused-ring (bicyclic) bond motifs is 1. The van der Waals surface area contributed by atoms with Gasteiger partial charge in [0.25, 0.3) is 0 Å². The van der Waals surface area contributed by atoms with Crippen LogP contribution in [0.15, 0.2) is 84.6 Å². The molecule has 1 saturated heterocycles. The van der Waals surface area contributed by atoms with Gasteiger partial charge < -0.3 is 9.64 Å². The van der Waals surface area contributed by atoms with Gasteiger partial charge >= 0.3 is 5.97 Å². The predicted octanol–water partition coefficient (Wildman–Crippen LogP) is 4.32. The van der Waals surface area contributed by atoms with Crippen LogP contribution in [0, 0.1) is 11.8 Å². The lowest BCUT2D eigenvalue weighted by Crippen LogP contribution is -2.40. The van der Waals surface area contributed by atoms with E-state index in [0.717, 1.165) is 18.4 Å². The zero-order valence-corrected chi connectivity index (χ0v) is 18.6. The molecule has 5 rings (SSSR count). The number of Topliss-reactive ketones (excluding diaryl/α,β-unsaturated/α-hetero) is 2. The third-order valence-electron chi connectivity index (χ3n) is 6.85. The Morgan fingerprint density at radius 2 is 1.64 bits per heavy atom. The molecule has 3 aliphatic rings. The van der Waals surface area contributed by atoms with Crippen molar-refractivity contribution in [2.45, 2.75) is 37.8 Å². The van der Waals surface area contributed by atoms with Crippen molar-refractivity contribution < 1.29 is 19.1 Å². The summed E-state index contributed by atoms with van der Waals surface area (Å²) in [6.07, 6.45) is 7.20. The largest absolute Gasteiger partial charge is 0.462 e. The van der Waals surface area contributed by atoms with Gasteiger partial charge in [0.05, 0.1) is 24.1 Å². The van der Waals surface area contributed by atoms with E-state index >= 15 is 0 Å². The summed E-state index contributed by atoms with van der Waals surface area (Å²) in [6, 6.07) is 18.2. The maximum absolute atomic E-state index is 13.9. The van der Waals surface area contributed by atoms with Crippen molar-refractivity contribution in [3.63, 3.8) is 0 Å². The zero-order chi connectivity index (χ0) is 22.9. The molecule has 5 nitrogen and oxygen atoms in total. The summed E-state index contributed by atoms with van der Waals surface area (Å²) in [7, 11) is 0.